The first-order valence-corrected chi connectivity index (χ1v) is 8.24. The molecular formula is C12H24N2O2S. The molecule has 1 N–H and O–H groups in total. The van der Waals surface area contributed by atoms with Gasteiger partial charge in [0.1, 0.15) is 0 Å². The Kier molecular flexibility index (Phi) is 4.10. The summed E-state index contributed by atoms with van der Waals surface area (Å²) in [5.41, 5.74) is 0. The Morgan fingerprint density at radius 3 is 2.41 bits per heavy atom. The highest BCUT2D eigenvalue weighted by Crippen LogP contribution is 2.38. The number of hydrogen-bond donors (Lipinski definition) is 1. The third-order valence-corrected chi connectivity index (χ3v) is 6.14. The lowest BCUT2D eigenvalue weighted by Crippen LogP contribution is -2.37. The molecule has 0 aromatic heterocycles. The highest BCUT2D eigenvalue weighted by atomic mass is 32.2. The van der Waals surface area contributed by atoms with Crippen LogP contribution < -0.4 is 5.32 Å². The minimum Gasteiger partial charge on any atom is -0.317 e. The van der Waals surface area contributed by atoms with Gasteiger partial charge < -0.3 is 5.32 Å². The van der Waals surface area contributed by atoms with Crippen molar-refractivity contribution in [1.29, 1.82) is 0 Å². The zero-order valence-electron chi connectivity index (χ0n) is 10.9. The lowest BCUT2D eigenvalue weighted by Gasteiger charge is -2.25. The zero-order valence-corrected chi connectivity index (χ0v) is 11.7. The van der Waals surface area contributed by atoms with Crippen molar-refractivity contribution in [3.05, 3.63) is 0 Å². The van der Waals surface area contributed by atoms with Crippen molar-refractivity contribution < 1.29 is 8.42 Å². The first kappa shape index (κ1) is 13.3. The molecule has 0 bridgehead atoms. The fraction of sp³-hybridized carbons (Fsp3) is 1.00. The van der Waals surface area contributed by atoms with Crippen LogP contribution in [-0.2, 0) is 10.0 Å². The lowest BCUT2D eigenvalue weighted by molar-refractivity contribution is 0.385. The van der Waals surface area contributed by atoms with Gasteiger partial charge in [-0.15, -0.1) is 0 Å². The van der Waals surface area contributed by atoms with Crippen LogP contribution in [0.15, 0.2) is 0 Å². The maximum Gasteiger partial charge on any atom is 0.214 e. The molecule has 1 aliphatic heterocycles. The van der Waals surface area contributed by atoms with E-state index in [2.05, 4.69) is 12.2 Å². The lowest BCUT2D eigenvalue weighted by atomic mass is 10.0. The Morgan fingerprint density at radius 2 is 1.88 bits per heavy atom. The van der Waals surface area contributed by atoms with Gasteiger partial charge in [0.15, 0.2) is 0 Å². The molecule has 1 saturated carbocycles. The molecule has 2 unspecified atom stereocenters. The van der Waals surface area contributed by atoms with Gasteiger partial charge in [-0.1, -0.05) is 6.92 Å². The molecule has 0 aromatic carbocycles. The van der Waals surface area contributed by atoms with Crippen molar-refractivity contribution in [2.45, 2.75) is 26.2 Å². The molecule has 2 fully saturated rings. The molecule has 17 heavy (non-hydrogen) atoms. The summed E-state index contributed by atoms with van der Waals surface area (Å²) in [6.45, 7) is 4.83. The van der Waals surface area contributed by atoms with Crippen LogP contribution in [0.3, 0.4) is 0 Å². The van der Waals surface area contributed by atoms with Gasteiger partial charge in [0.25, 0.3) is 0 Å². The predicted molar refractivity (Wildman–Crippen MR) is 69.3 cm³/mol. The van der Waals surface area contributed by atoms with E-state index in [1.54, 1.807) is 11.4 Å². The number of nitrogens with zero attached hydrogens (tertiary/aromatic N) is 1. The number of rotatable bonds is 5. The first-order chi connectivity index (χ1) is 7.99. The number of hydrogen-bond acceptors (Lipinski definition) is 3. The van der Waals surface area contributed by atoms with E-state index < -0.39 is 10.0 Å². The SMILES string of the molecule is CC1CC1CN(C)S(=O)(=O)CC1CCNCC1. The van der Waals surface area contributed by atoms with E-state index >= 15 is 0 Å². The summed E-state index contributed by atoms with van der Waals surface area (Å²) in [6, 6.07) is 0. The van der Waals surface area contributed by atoms with E-state index in [0.29, 0.717) is 30.1 Å². The average Bonchev–Trinajstić information content (AvgIpc) is 2.95. The van der Waals surface area contributed by atoms with Gasteiger partial charge in [0.2, 0.25) is 10.0 Å². The van der Waals surface area contributed by atoms with Crippen LogP contribution in [-0.4, -0.2) is 45.2 Å². The molecular weight excluding hydrogens is 236 g/mol. The number of sulfonamides is 1. The molecule has 2 atom stereocenters. The van der Waals surface area contributed by atoms with Crippen molar-refractivity contribution in [2.75, 3.05) is 32.4 Å². The molecule has 0 amide bonds. The van der Waals surface area contributed by atoms with E-state index in [4.69, 9.17) is 0 Å². The van der Waals surface area contributed by atoms with Crippen molar-refractivity contribution in [3.63, 3.8) is 0 Å². The van der Waals surface area contributed by atoms with E-state index in [-0.39, 0.29) is 0 Å². The van der Waals surface area contributed by atoms with Crippen LogP contribution >= 0.6 is 0 Å². The highest BCUT2D eigenvalue weighted by molar-refractivity contribution is 7.89. The van der Waals surface area contributed by atoms with Crippen LogP contribution in [0.25, 0.3) is 0 Å². The summed E-state index contributed by atoms with van der Waals surface area (Å²) in [6.07, 6.45) is 3.17. The van der Waals surface area contributed by atoms with Gasteiger partial charge >= 0.3 is 0 Å². The maximum absolute atomic E-state index is 12.2. The minimum absolute atomic E-state index is 0.340. The normalized spacial score (nSPS) is 30.8. The Hall–Kier alpha value is -0.130. The summed E-state index contributed by atoms with van der Waals surface area (Å²) in [5, 5.41) is 3.27. The molecule has 100 valence electrons. The monoisotopic (exact) mass is 260 g/mol. The highest BCUT2D eigenvalue weighted by Gasteiger charge is 2.36. The van der Waals surface area contributed by atoms with E-state index in [1.165, 1.54) is 6.42 Å². The Labute approximate surface area is 105 Å². The Bertz CT molecular complexity index is 350. The predicted octanol–water partition coefficient (Wildman–Crippen LogP) is 0.904. The standard InChI is InChI=1S/C12H24N2O2S/c1-10-7-12(10)8-14(2)17(15,16)9-11-3-5-13-6-4-11/h10-13H,3-9H2,1-2H3. The molecule has 1 aliphatic carbocycles. The smallest absolute Gasteiger partial charge is 0.214 e. The molecule has 1 heterocycles. The topological polar surface area (TPSA) is 49.4 Å². The van der Waals surface area contributed by atoms with Gasteiger partial charge in [-0.2, -0.15) is 0 Å². The van der Waals surface area contributed by atoms with E-state index in [0.717, 1.165) is 25.9 Å². The summed E-state index contributed by atoms with van der Waals surface area (Å²) in [5.74, 6) is 2.00. The second-order valence-electron chi connectivity index (χ2n) is 5.73. The van der Waals surface area contributed by atoms with Gasteiger partial charge in [-0.25, -0.2) is 12.7 Å². The van der Waals surface area contributed by atoms with Crippen molar-refractivity contribution in [1.82, 2.24) is 9.62 Å². The quantitative estimate of drug-likeness (QED) is 0.799. The van der Waals surface area contributed by atoms with Crippen molar-refractivity contribution in [2.24, 2.45) is 17.8 Å². The molecule has 0 aromatic rings. The summed E-state index contributed by atoms with van der Waals surface area (Å²) >= 11 is 0. The van der Waals surface area contributed by atoms with Crippen molar-refractivity contribution >= 4 is 10.0 Å². The van der Waals surface area contributed by atoms with E-state index in [9.17, 15) is 8.42 Å². The van der Waals surface area contributed by atoms with Crippen LogP contribution in [0.4, 0.5) is 0 Å². The Morgan fingerprint density at radius 1 is 1.29 bits per heavy atom. The molecule has 2 aliphatic rings. The second kappa shape index (κ2) is 5.24. The van der Waals surface area contributed by atoms with Gasteiger partial charge in [0, 0.05) is 13.6 Å². The third-order valence-electron chi connectivity index (χ3n) is 4.15. The largest absolute Gasteiger partial charge is 0.317 e. The maximum atomic E-state index is 12.2. The Balaban J connectivity index is 1.83. The van der Waals surface area contributed by atoms with Crippen LogP contribution in [0.1, 0.15) is 26.2 Å². The van der Waals surface area contributed by atoms with Crippen LogP contribution in [0.2, 0.25) is 0 Å². The molecule has 2 rings (SSSR count). The van der Waals surface area contributed by atoms with Gasteiger partial charge in [-0.3, -0.25) is 0 Å². The van der Waals surface area contributed by atoms with Gasteiger partial charge in [-0.05, 0) is 50.1 Å². The summed E-state index contributed by atoms with van der Waals surface area (Å²) in [7, 11) is -1.30. The van der Waals surface area contributed by atoms with E-state index in [1.807, 2.05) is 0 Å². The second-order valence-corrected chi connectivity index (χ2v) is 7.85. The molecule has 4 nitrogen and oxygen atoms in total. The minimum atomic E-state index is -3.03. The summed E-state index contributed by atoms with van der Waals surface area (Å²) < 4.78 is 25.9. The molecule has 0 radical (unpaired) electrons. The van der Waals surface area contributed by atoms with Crippen LogP contribution in [0.5, 0.6) is 0 Å². The first-order valence-electron chi connectivity index (χ1n) is 6.64. The fourth-order valence-corrected chi connectivity index (χ4v) is 4.17. The molecule has 0 spiro atoms. The molecule has 5 heteroatoms. The number of nitrogens with one attached hydrogen (secondary N) is 1. The van der Waals surface area contributed by atoms with Crippen molar-refractivity contribution in [3.8, 4) is 0 Å². The summed E-state index contributed by atoms with van der Waals surface area (Å²) in [4.78, 5) is 0. The van der Waals surface area contributed by atoms with Gasteiger partial charge in [0.05, 0.1) is 5.75 Å². The zero-order chi connectivity index (χ0) is 12.5. The third kappa shape index (κ3) is 3.66. The fourth-order valence-electron chi connectivity index (χ4n) is 2.57. The number of piperidine rings is 1. The van der Waals surface area contributed by atoms with Crippen LogP contribution in [0, 0.1) is 17.8 Å². The average molecular weight is 260 g/mol. The molecule has 1 saturated heterocycles.